The van der Waals surface area contributed by atoms with Crippen molar-refractivity contribution in [1.82, 2.24) is 4.98 Å². The van der Waals surface area contributed by atoms with Gasteiger partial charge in [0.15, 0.2) is 5.13 Å². The van der Waals surface area contributed by atoms with Crippen LogP contribution in [0, 0.1) is 10.1 Å². The number of non-ortho nitro benzene ring substituents is 1. The first-order valence-corrected chi connectivity index (χ1v) is 9.32. The topological polar surface area (TPSA) is 104 Å². The summed E-state index contributed by atoms with van der Waals surface area (Å²) < 4.78 is 12.3. The third-order valence-corrected chi connectivity index (χ3v) is 5.10. The number of aromatic nitrogens is 1. The first-order valence-electron chi connectivity index (χ1n) is 8.50. The van der Waals surface area contributed by atoms with Gasteiger partial charge in [0.1, 0.15) is 5.75 Å². The molecule has 0 saturated heterocycles. The van der Waals surface area contributed by atoms with Crippen molar-refractivity contribution in [1.29, 1.82) is 0 Å². The Kier molecular flexibility index (Phi) is 4.76. The Bertz CT molecular complexity index is 1070. The molecule has 1 N–H and O–H groups in total. The van der Waals surface area contributed by atoms with E-state index in [0.717, 1.165) is 10.2 Å². The molecule has 1 aromatic heterocycles. The van der Waals surface area contributed by atoms with Crippen LogP contribution < -0.4 is 10.1 Å². The maximum absolute atomic E-state index is 13.0. The quantitative estimate of drug-likeness (QED) is 0.392. The molecule has 9 heteroatoms. The van der Waals surface area contributed by atoms with Crippen molar-refractivity contribution in [3.63, 3.8) is 0 Å². The van der Waals surface area contributed by atoms with E-state index >= 15 is 0 Å². The van der Waals surface area contributed by atoms with Gasteiger partial charge >= 0.3 is 0 Å². The molecule has 1 atom stereocenters. The molecule has 0 saturated carbocycles. The zero-order valence-corrected chi connectivity index (χ0v) is 15.6. The van der Waals surface area contributed by atoms with E-state index in [1.165, 1.54) is 35.7 Å². The standard InChI is InChI=1S/C19H15N3O5S/c1-2-26-18-13(10-20-19-21-14-5-3-4-6-16(14)28-19)17(23)12-9-11(22(24)25)7-8-15(12)27-18/h3-10,18H,2H2,1H3,(H,20,21)/b13-10-/t18-/m0/s1. The van der Waals surface area contributed by atoms with E-state index in [4.69, 9.17) is 9.47 Å². The number of ether oxygens (including phenoxy) is 2. The molecule has 1 aliphatic heterocycles. The van der Waals surface area contributed by atoms with Crippen molar-refractivity contribution in [2.75, 3.05) is 11.9 Å². The number of hydrogen-bond acceptors (Lipinski definition) is 8. The molecule has 0 bridgehead atoms. The molecule has 3 aromatic rings. The van der Waals surface area contributed by atoms with Crippen LogP contribution in [0.25, 0.3) is 10.2 Å². The van der Waals surface area contributed by atoms with E-state index in [1.54, 1.807) is 6.92 Å². The third kappa shape index (κ3) is 3.32. The lowest BCUT2D eigenvalue weighted by Gasteiger charge is -2.27. The predicted molar refractivity (Wildman–Crippen MR) is 105 cm³/mol. The van der Waals surface area contributed by atoms with Gasteiger partial charge in [-0.05, 0) is 25.1 Å². The van der Waals surface area contributed by atoms with E-state index < -0.39 is 17.0 Å². The number of thiazole rings is 1. The number of anilines is 1. The first kappa shape index (κ1) is 18.1. The van der Waals surface area contributed by atoms with Crippen LogP contribution in [-0.4, -0.2) is 28.6 Å². The second-order valence-corrected chi connectivity index (χ2v) is 6.93. The average Bonchev–Trinajstić information content (AvgIpc) is 3.10. The van der Waals surface area contributed by atoms with Gasteiger partial charge in [-0.15, -0.1) is 0 Å². The minimum absolute atomic E-state index is 0.127. The van der Waals surface area contributed by atoms with Gasteiger partial charge in [0.2, 0.25) is 12.1 Å². The molecule has 0 spiro atoms. The Labute approximate surface area is 163 Å². The zero-order valence-electron chi connectivity index (χ0n) is 14.7. The minimum Gasteiger partial charge on any atom is -0.460 e. The van der Waals surface area contributed by atoms with Crippen LogP contribution in [0.2, 0.25) is 0 Å². The lowest BCUT2D eigenvalue weighted by molar-refractivity contribution is -0.384. The van der Waals surface area contributed by atoms with Crippen molar-refractivity contribution in [2.45, 2.75) is 13.2 Å². The number of carbonyl (C=O) groups excluding carboxylic acids is 1. The third-order valence-electron chi connectivity index (χ3n) is 4.13. The summed E-state index contributed by atoms with van der Waals surface area (Å²) in [6.45, 7) is 2.12. The molecule has 4 rings (SSSR count). The van der Waals surface area contributed by atoms with Crippen molar-refractivity contribution >= 4 is 38.2 Å². The van der Waals surface area contributed by atoms with E-state index in [1.807, 2.05) is 24.3 Å². The van der Waals surface area contributed by atoms with Gasteiger partial charge in [-0.1, -0.05) is 23.5 Å². The summed E-state index contributed by atoms with van der Waals surface area (Å²) in [5, 5.41) is 14.7. The molecule has 0 unspecified atom stereocenters. The molecular weight excluding hydrogens is 382 g/mol. The highest BCUT2D eigenvalue weighted by Gasteiger charge is 2.33. The fraction of sp³-hybridized carbons (Fsp3) is 0.158. The molecule has 0 fully saturated rings. The molecule has 142 valence electrons. The molecule has 0 aliphatic carbocycles. The van der Waals surface area contributed by atoms with Gasteiger partial charge < -0.3 is 14.8 Å². The number of para-hydroxylation sites is 1. The van der Waals surface area contributed by atoms with Gasteiger partial charge in [-0.3, -0.25) is 14.9 Å². The number of ketones is 1. The Morgan fingerprint density at radius 2 is 2.18 bits per heavy atom. The Morgan fingerprint density at radius 3 is 2.93 bits per heavy atom. The summed E-state index contributed by atoms with van der Waals surface area (Å²) in [6, 6.07) is 11.6. The van der Waals surface area contributed by atoms with Crippen LogP contribution in [0.15, 0.2) is 54.2 Å². The molecular formula is C19H15N3O5S. The average molecular weight is 397 g/mol. The van der Waals surface area contributed by atoms with Gasteiger partial charge in [-0.2, -0.15) is 0 Å². The number of hydrogen-bond donors (Lipinski definition) is 1. The SMILES string of the molecule is CCO[C@H]1Oc2ccc([N+](=O)[O-])cc2C(=O)/C1=C/Nc1nc2ccccc2s1. The highest BCUT2D eigenvalue weighted by molar-refractivity contribution is 7.22. The van der Waals surface area contributed by atoms with E-state index in [9.17, 15) is 14.9 Å². The molecule has 2 aromatic carbocycles. The normalized spacial score (nSPS) is 17.4. The molecule has 0 radical (unpaired) electrons. The van der Waals surface area contributed by atoms with Crippen LogP contribution in [-0.2, 0) is 4.74 Å². The van der Waals surface area contributed by atoms with Gasteiger partial charge in [0.25, 0.3) is 5.69 Å². The number of nitro benzene ring substituents is 1. The van der Waals surface area contributed by atoms with Crippen molar-refractivity contribution in [3.05, 3.63) is 69.9 Å². The van der Waals surface area contributed by atoms with Crippen molar-refractivity contribution in [2.24, 2.45) is 0 Å². The fourth-order valence-corrected chi connectivity index (χ4v) is 3.67. The summed E-state index contributed by atoms with van der Waals surface area (Å²) >= 11 is 1.44. The Morgan fingerprint density at radius 1 is 1.36 bits per heavy atom. The van der Waals surface area contributed by atoms with Gasteiger partial charge in [0.05, 0.1) is 26.3 Å². The van der Waals surface area contributed by atoms with Crippen molar-refractivity contribution < 1.29 is 19.2 Å². The summed E-state index contributed by atoms with van der Waals surface area (Å²) in [5.74, 6) is -0.136. The number of fused-ring (bicyclic) bond motifs is 2. The Balaban J connectivity index is 1.68. The summed E-state index contributed by atoms with van der Waals surface area (Å²) in [7, 11) is 0. The van der Waals surface area contributed by atoms with Crippen LogP contribution in [0.5, 0.6) is 5.75 Å². The summed E-state index contributed by atoms with van der Waals surface area (Å²) in [5.41, 5.74) is 1.02. The van der Waals surface area contributed by atoms with E-state index in [0.29, 0.717) is 11.7 Å². The second kappa shape index (κ2) is 7.37. The number of nitrogens with one attached hydrogen (secondary N) is 1. The van der Waals surface area contributed by atoms with Crippen LogP contribution in [0.1, 0.15) is 17.3 Å². The molecule has 28 heavy (non-hydrogen) atoms. The van der Waals surface area contributed by atoms with Gasteiger partial charge in [0, 0.05) is 24.9 Å². The first-order chi connectivity index (χ1) is 13.6. The second-order valence-electron chi connectivity index (χ2n) is 5.90. The smallest absolute Gasteiger partial charge is 0.270 e. The number of Topliss-reactive ketones (excluding diaryl/α,β-unsaturated/α-hetero) is 1. The highest BCUT2D eigenvalue weighted by Crippen LogP contribution is 2.34. The molecule has 0 amide bonds. The number of nitro groups is 1. The minimum atomic E-state index is -0.909. The monoisotopic (exact) mass is 397 g/mol. The van der Waals surface area contributed by atoms with Crippen LogP contribution in [0.4, 0.5) is 10.8 Å². The maximum atomic E-state index is 13.0. The van der Waals surface area contributed by atoms with E-state index in [2.05, 4.69) is 10.3 Å². The lowest BCUT2D eigenvalue weighted by atomic mass is 9.99. The molecule has 8 nitrogen and oxygen atoms in total. The number of rotatable bonds is 5. The Hall–Kier alpha value is -3.30. The lowest BCUT2D eigenvalue weighted by Crippen LogP contribution is -2.33. The van der Waals surface area contributed by atoms with Crippen molar-refractivity contribution in [3.8, 4) is 5.75 Å². The predicted octanol–water partition coefficient (Wildman–Crippen LogP) is 4.14. The number of benzene rings is 2. The van der Waals surface area contributed by atoms with E-state index in [-0.39, 0.29) is 22.6 Å². The maximum Gasteiger partial charge on any atom is 0.270 e. The number of nitrogens with zero attached hydrogens (tertiary/aromatic N) is 2. The molecule has 1 aliphatic rings. The van der Waals surface area contributed by atoms with Crippen LogP contribution >= 0.6 is 11.3 Å². The summed E-state index contributed by atoms with van der Waals surface area (Å²) in [6.07, 6.45) is 0.579. The zero-order chi connectivity index (χ0) is 19.7. The summed E-state index contributed by atoms with van der Waals surface area (Å²) in [4.78, 5) is 27.9. The fourth-order valence-electron chi connectivity index (χ4n) is 2.84. The molecule has 2 heterocycles. The highest BCUT2D eigenvalue weighted by atomic mass is 32.1. The largest absolute Gasteiger partial charge is 0.460 e. The number of carbonyl (C=O) groups is 1. The van der Waals surface area contributed by atoms with Crippen LogP contribution in [0.3, 0.4) is 0 Å². The van der Waals surface area contributed by atoms with Gasteiger partial charge in [-0.25, -0.2) is 4.98 Å².